The predicted molar refractivity (Wildman–Crippen MR) is 86.5 cm³/mol. The lowest BCUT2D eigenvalue weighted by Gasteiger charge is -2.33. The summed E-state index contributed by atoms with van der Waals surface area (Å²) in [7, 11) is 0. The summed E-state index contributed by atoms with van der Waals surface area (Å²) in [5, 5.41) is 0. The monoisotopic (exact) mass is 350 g/mol. The first kappa shape index (κ1) is 14.4. The maximum atomic E-state index is 12.9. The van der Waals surface area contributed by atoms with E-state index in [9.17, 15) is 4.79 Å². The molecule has 0 aromatic carbocycles. The number of likely N-dealkylation sites (tertiary alicyclic amines) is 1. The van der Waals surface area contributed by atoms with E-state index in [1.54, 1.807) is 6.08 Å². The van der Waals surface area contributed by atoms with Crippen LogP contribution in [0.4, 0.5) is 0 Å². The Hall–Kier alpha value is -1.49. The summed E-state index contributed by atoms with van der Waals surface area (Å²) >= 11 is 3.34. The largest absolute Gasteiger partial charge is 0.448 e. The van der Waals surface area contributed by atoms with E-state index in [1.165, 1.54) is 6.42 Å². The Balaban J connectivity index is 2.02. The number of amides is 1. The SMILES string of the molecule is C=CCn1c(C(=O)N2CCCCC2C)cc2oc(Br)cc21. The van der Waals surface area contributed by atoms with Gasteiger partial charge in [0.1, 0.15) is 5.69 Å². The van der Waals surface area contributed by atoms with Gasteiger partial charge in [0, 0.05) is 31.3 Å². The van der Waals surface area contributed by atoms with Crippen LogP contribution in [0.25, 0.3) is 11.1 Å². The van der Waals surface area contributed by atoms with E-state index in [2.05, 4.69) is 29.4 Å². The topological polar surface area (TPSA) is 38.4 Å². The summed E-state index contributed by atoms with van der Waals surface area (Å²) < 4.78 is 8.24. The summed E-state index contributed by atoms with van der Waals surface area (Å²) in [5.41, 5.74) is 2.34. The minimum Gasteiger partial charge on any atom is -0.448 e. The molecule has 1 unspecified atom stereocenters. The van der Waals surface area contributed by atoms with Gasteiger partial charge in [-0.25, -0.2) is 0 Å². The summed E-state index contributed by atoms with van der Waals surface area (Å²) in [6.07, 6.45) is 5.17. The molecule has 1 saturated heterocycles. The van der Waals surface area contributed by atoms with Crippen LogP contribution in [0.2, 0.25) is 0 Å². The molecule has 1 amide bonds. The van der Waals surface area contributed by atoms with Crippen LogP contribution in [-0.4, -0.2) is 28.0 Å². The Morgan fingerprint density at radius 1 is 1.52 bits per heavy atom. The number of rotatable bonds is 3. The molecule has 3 rings (SSSR count). The van der Waals surface area contributed by atoms with Crippen molar-refractivity contribution in [2.45, 2.75) is 38.8 Å². The number of halogens is 1. The van der Waals surface area contributed by atoms with Gasteiger partial charge in [0.25, 0.3) is 5.91 Å². The summed E-state index contributed by atoms with van der Waals surface area (Å²) in [4.78, 5) is 14.9. The second kappa shape index (κ2) is 5.72. The molecule has 3 heterocycles. The summed E-state index contributed by atoms with van der Waals surface area (Å²) in [5.74, 6) is 0.0894. The van der Waals surface area contributed by atoms with Crippen LogP contribution in [-0.2, 0) is 6.54 Å². The fraction of sp³-hybridized carbons (Fsp3) is 0.438. The first-order valence-corrected chi connectivity index (χ1v) is 8.11. The lowest BCUT2D eigenvalue weighted by molar-refractivity contribution is 0.0625. The lowest BCUT2D eigenvalue weighted by Crippen LogP contribution is -2.42. The molecule has 2 aromatic rings. The van der Waals surface area contributed by atoms with Crippen LogP contribution in [0, 0.1) is 0 Å². The van der Waals surface area contributed by atoms with Gasteiger partial charge in [-0.05, 0) is 42.1 Å². The van der Waals surface area contributed by atoms with Gasteiger partial charge >= 0.3 is 0 Å². The number of carbonyl (C=O) groups is 1. The molecule has 2 aromatic heterocycles. The Kier molecular flexibility index (Phi) is 3.93. The summed E-state index contributed by atoms with van der Waals surface area (Å²) in [6, 6.07) is 4.04. The Morgan fingerprint density at radius 2 is 2.33 bits per heavy atom. The third-order valence-corrected chi connectivity index (χ3v) is 4.54. The highest BCUT2D eigenvalue weighted by Crippen LogP contribution is 2.29. The molecule has 0 N–H and O–H groups in total. The van der Waals surface area contributed by atoms with Crippen molar-refractivity contribution in [3.8, 4) is 0 Å². The highest BCUT2D eigenvalue weighted by atomic mass is 79.9. The zero-order chi connectivity index (χ0) is 15.0. The average Bonchev–Trinajstić information content (AvgIpc) is 2.97. The van der Waals surface area contributed by atoms with E-state index in [0.29, 0.717) is 23.0 Å². The molecule has 0 bridgehead atoms. The van der Waals surface area contributed by atoms with Gasteiger partial charge in [0.2, 0.25) is 0 Å². The molecule has 1 fully saturated rings. The zero-order valence-electron chi connectivity index (χ0n) is 12.1. The van der Waals surface area contributed by atoms with Gasteiger partial charge in [0.15, 0.2) is 10.3 Å². The molecule has 21 heavy (non-hydrogen) atoms. The van der Waals surface area contributed by atoms with Gasteiger partial charge < -0.3 is 13.9 Å². The van der Waals surface area contributed by atoms with Crippen molar-refractivity contribution >= 4 is 32.9 Å². The van der Waals surface area contributed by atoms with Crippen molar-refractivity contribution < 1.29 is 9.21 Å². The zero-order valence-corrected chi connectivity index (χ0v) is 13.7. The van der Waals surface area contributed by atoms with Gasteiger partial charge in [-0.1, -0.05) is 6.08 Å². The van der Waals surface area contributed by atoms with Crippen molar-refractivity contribution in [1.29, 1.82) is 0 Å². The number of fused-ring (bicyclic) bond motifs is 1. The van der Waals surface area contributed by atoms with Crippen LogP contribution < -0.4 is 0 Å². The second-order valence-electron chi connectivity index (χ2n) is 5.57. The van der Waals surface area contributed by atoms with E-state index in [4.69, 9.17) is 4.42 Å². The molecule has 1 aliphatic rings. The van der Waals surface area contributed by atoms with Crippen LogP contribution in [0.15, 0.2) is 33.9 Å². The normalized spacial score (nSPS) is 19.1. The molecule has 1 atom stereocenters. The first-order valence-electron chi connectivity index (χ1n) is 7.32. The fourth-order valence-electron chi connectivity index (χ4n) is 3.06. The van der Waals surface area contributed by atoms with E-state index >= 15 is 0 Å². The predicted octanol–water partition coefficient (Wildman–Crippen LogP) is 4.20. The smallest absolute Gasteiger partial charge is 0.270 e. The van der Waals surface area contributed by atoms with Crippen molar-refractivity contribution in [2.75, 3.05) is 6.54 Å². The van der Waals surface area contributed by atoms with Crippen molar-refractivity contribution in [2.24, 2.45) is 0 Å². The average molecular weight is 351 g/mol. The molecule has 1 aliphatic heterocycles. The van der Waals surface area contributed by atoms with Crippen molar-refractivity contribution in [3.05, 3.63) is 35.2 Å². The van der Waals surface area contributed by atoms with Crippen LogP contribution in [0.3, 0.4) is 0 Å². The summed E-state index contributed by atoms with van der Waals surface area (Å²) in [6.45, 7) is 7.35. The molecule has 0 radical (unpaired) electrons. The second-order valence-corrected chi connectivity index (χ2v) is 6.35. The van der Waals surface area contributed by atoms with Gasteiger partial charge in [-0.15, -0.1) is 6.58 Å². The Labute approximate surface area is 132 Å². The van der Waals surface area contributed by atoms with Crippen LogP contribution in [0.1, 0.15) is 36.7 Å². The third kappa shape index (κ3) is 2.55. The van der Waals surface area contributed by atoms with E-state index < -0.39 is 0 Å². The minimum absolute atomic E-state index is 0.0894. The highest BCUT2D eigenvalue weighted by molar-refractivity contribution is 9.10. The number of nitrogens with zero attached hydrogens (tertiary/aromatic N) is 2. The first-order chi connectivity index (χ1) is 10.1. The van der Waals surface area contributed by atoms with E-state index in [-0.39, 0.29) is 5.91 Å². The van der Waals surface area contributed by atoms with Crippen LogP contribution >= 0.6 is 15.9 Å². The molecule has 0 spiro atoms. The van der Waals surface area contributed by atoms with E-state index in [1.807, 2.05) is 21.6 Å². The maximum Gasteiger partial charge on any atom is 0.270 e. The van der Waals surface area contributed by atoms with Crippen molar-refractivity contribution in [3.63, 3.8) is 0 Å². The van der Waals surface area contributed by atoms with Crippen LogP contribution in [0.5, 0.6) is 0 Å². The number of hydrogen-bond donors (Lipinski definition) is 0. The molecule has 112 valence electrons. The molecular formula is C16H19BrN2O2. The number of aromatic nitrogens is 1. The van der Waals surface area contributed by atoms with Gasteiger partial charge in [-0.3, -0.25) is 4.79 Å². The molecule has 5 heteroatoms. The minimum atomic E-state index is 0.0894. The number of allylic oxidation sites excluding steroid dienone is 1. The number of furan rings is 1. The molecule has 4 nitrogen and oxygen atoms in total. The molecule has 0 aliphatic carbocycles. The molecular weight excluding hydrogens is 332 g/mol. The standard InChI is InChI=1S/C16H19BrN2O2/c1-3-7-19-12-10-15(17)21-14(12)9-13(19)16(20)18-8-5-4-6-11(18)2/h3,9-11H,1,4-8H2,2H3. The number of carbonyl (C=O) groups excluding carboxylic acids is 1. The fourth-order valence-corrected chi connectivity index (χ4v) is 3.45. The highest BCUT2D eigenvalue weighted by Gasteiger charge is 2.27. The molecule has 0 saturated carbocycles. The third-order valence-electron chi connectivity index (χ3n) is 4.15. The lowest BCUT2D eigenvalue weighted by atomic mass is 10.0. The number of hydrogen-bond acceptors (Lipinski definition) is 2. The van der Waals surface area contributed by atoms with Gasteiger partial charge in [-0.2, -0.15) is 0 Å². The quantitative estimate of drug-likeness (QED) is 0.778. The Bertz CT molecular complexity index is 686. The van der Waals surface area contributed by atoms with Crippen molar-refractivity contribution in [1.82, 2.24) is 9.47 Å². The Morgan fingerprint density at radius 3 is 3.05 bits per heavy atom. The maximum absolute atomic E-state index is 12.9. The van der Waals surface area contributed by atoms with Gasteiger partial charge in [0.05, 0.1) is 5.52 Å². The number of piperidine rings is 1. The van der Waals surface area contributed by atoms with E-state index in [0.717, 1.165) is 30.5 Å².